The molecule has 2 heterocycles. The molecule has 0 aliphatic heterocycles. The van der Waals surface area contributed by atoms with Gasteiger partial charge in [0.15, 0.2) is 0 Å². The lowest BCUT2D eigenvalue weighted by Gasteiger charge is -2.03. The van der Waals surface area contributed by atoms with Crippen LogP contribution in [0.15, 0.2) is 46.5 Å². The second kappa shape index (κ2) is 5.56. The highest BCUT2D eigenvalue weighted by Gasteiger charge is 2.12. The fraction of sp³-hybridized carbons (Fsp3) is 0.0667. The number of nitrogens with zero attached hydrogens (tertiary/aromatic N) is 1. The molecule has 20 heavy (non-hydrogen) atoms. The molecule has 5 heteroatoms. The number of thiazole rings is 1. The summed E-state index contributed by atoms with van der Waals surface area (Å²) in [7, 11) is 0. The van der Waals surface area contributed by atoms with Gasteiger partial charge in [-0.05, 0) is 36.1 Å². The van der Waals surface area contributed by atoms with Crippen LogP contribution in [-0.4, -0.2) is 10.9 Å². The van der Waals surface area contributed by atoms with Crippen LogP contribution in [0.2, 0.25) is 0 Å². The van der Waals surface area contributed by atoms with E-state index in [1.165, 1.54) is 11.3 Å². The number of carbonyl (C=O) groups excluding carboxylic acids is 1. The third-order valence-corrected chi connectivity index (χ3v) is 4.36. The summed E-state index contributed by atoms with van der Waals surface area (Å²) in [5, 5.41) is 9.56. The number of nitrogens with one attached hydrogen (secondary N) is 1. The molecule has 2 aromatic heterocycles. The molecular formula is C15H12N2OS2. The first-order valence-corrected chi connectivity index (χ1v) is 7.91. The Bertz CT molecular complexity index is 732. The van der Waals surface area contributed by atoms with Gasteiger partial charge in [-0.25, -0.2) is 4.98 Å². The van der Waals surface area contributed by atoms with Gasteiger partial charge in [0.05, 0.1) is 0 Å². The van der Waals surface area contributed by atoms with Crippen molar-refractivity contribution in [1.82, 2.24) is 4.98 Å². The summed E-state index contributed by atoms with van der Waals surface area (Å²) in [5.41, 5.74) is 3.42. The molecule has 1 aromatic carbocycles. The largest absolute Gasteiger partial charge is 0.321 e. The topological polar surface area (TPSA) is 42.0 Å². The van der Waals surface area contributed by atoms with E-state index in [0.717, 1.165) is 21.8 Å². The van der Waals surface area contributed by atoms with Gasteiger partial charge in [0.25, 0.3) is 5.91 Å². The zero-order chi connectivity index (χ0) is 13.9. The third-order valence-electron chi connectivity index (χ3n) is 2.78. The fourth-order valence-electron chi connectivity index (χ4n) is 1.81. The molecule has 0 spiro atoms. The fourth-order valence-corrected chi connectivity index (χ4v) is 3.33. The molecule has 0 aliphatic rings. The first-order chi connectivity index (χ1) is 9.72. The molecule has 3 rings (SSSR count). The van der Waals surface area contributed by atoms with Crippen molar-refractivity contribution < 1.29 is 4.79 Å². The van der Waals surface area contributed by atoms with Gasteiger partial charge in [0.2, 0.25) is 0 Å². The summed E-state index contributed by atoms with van der Waals surface area (Å²) in [6.07, 6.45) is 0. The van der Waals surface area contributed by atoms with E-state index in [-0.39, 0.29) is 5.91 Å². The normalized spacial score (nSPS) is 10.4. The van der Waals surface area contributed by atoms with E-state index in [1.54, 1.807) is 16.7 Å². The monoisotopic (exact) mass is 300 g/mol. The maximum Gasteiger partial charge on any atom is 0.275 e. The lowest BCUT2D eigenvalue weighted by atomic mass is 10.2. The number of rotatable bonds is 3. The number of benzene rings is 1. The van der Waals surface area contributed by atoms with E-state index in [2.05, 4.69) is 10.3 Å². The molecule has 0 saturated heterocycles. The van der Waals surface area contributed by atoms with Crippen LogP contribution in [0.1, 0.15) is 16.1 Å². The Kier molecular flexibility index (Phi) is 3.62. The average Bonchev–Trinajstić information content (AvgIpc) is 3.10. The van der Waals surface area contributed by atoms with Gasteiger partial charge in [-0.1, -0.05) is 12.1 Å². The molecule has 3 aromatic rings. The molecule has 1 amide bonds. The van der Waals surface area contributed by atoms with Crippen LogP contribution < -0.4 is 5.32 Å². The molecule has 1 N–H and O–H groups in total. The van der Waals surface area contributed by atoms with E-state index < -0.39 is 0 Å². The van der Waals surface area contributed by atoms with Crippen LogP contribution in [0.25, 0.3) is 10.6 Å². The number of anilines is 1. The van der Waals surface area contributed by atoms with Crippen molar-refractivity contribution in [2.45, 2.75) is 6.92 Å². The second-order valence-electron chi connectivity index (χ2n) is 4.37. The summed E-state index contributed by atoms with van der Waals surface area (Å²) in [6, 6.07) is 9.73. The number of hydrogen-bond acceptors (Lipinski definition) is 4. The molecule has 3 nitrogen and oxygen atoms in total. The maximum atomic E-state index is 12.1. The summed E-state index contributed by atoms with van der Waals surface area (Å²) < 4.78 is 0. The molecule has 0 saturated carbocycles. The lowest BCUT2D eigenvalue weighted by Crippen LogP contribution is -2.12. The Morgan fingerprint density at radius 2 is 2.15 bits per heavy atom. The van der Waals surface area contributed by atoms with E-state index in [4.69, 9.17) is 0 Å². The maximum absolute atomic E-state index is 12.1. The van der Waals surface area contributed by atoms with Gasteiger partial charge < -0.3 is 5.32 Å². The first kappa shape index (κ1) is 13.0. The highest BCUT2D eigenvalue weighted by molar-refractivity contribution is 7.14. The van der Waals surface area contributed by atoms with Crippen molar-refractivity contribution in [3.8, 4) is 10.6 Å². The molecule has 100 valence electrons. The molecular weight excluding hydrogens is 288 g/mol. The minimum absolute atomic E-state index is 0.173. The molecule has 0 aliphatic carbocycles. The standard InChI is InChI=1S/C15H12N2OS2/c1-10-3-2-4-12(7-10)16-14(18)13-9-20-15(17-13)11-5-6-19-8-11/h2-9H,1H3,(H,16,18). The van der Waals surface area contributed by atoms with Crippen molar-refractivity contribution in [2.24, 2.45) is 0 Å². The molecule has 0 atom stereocenters. The SMILES string of the molecule is Cc1cccc(NC(=O)c2csc(-c3ccsc3)n2)c1. The first-order valence-electron chi connectivity index (χ1n) is 6.08. The molecule has 0 bridgehead atoms. The summed E-state index contributed by atoms with van der Waals surface area (Å²) >= 11 is 3.11. The van der Waals surface area contributed by atoms with Crippen LogP contribution in [0.5, 0.6) is 0 Å². The van der Waals surface area contributed by atoms with Gasteiger partial charge in [-0.2, -0.15) is 11.3 Å². The number of amides is 1. The average molecular weight is 300 g/mol. The summed E-state index contributed by atoms with van der Waals surface area (Å²) in [6.45, 7) is 1.99. The minimum Gasteiger partial charge on any atom is -0.321 e. The zero-order valence-electron chi connectivity index (χ0n) is 10.8. The molecule has 0 radical (unpaired) electrons. The quantitative estimate of drug-likeness (QED) is 0.777. The number of aryl methyl sites for hydroxylation is 1. The van der Waals surface area contributed by atoms with Crippen molar-refractivity contribution in [2.75, 3.05) is 5.32 Å². The Morgan fingerprint density at radius 1 is 1.25 bits per heavy atom. The summed E-state index contributed by atoms with van der Waals surface area (Å²) in [4.78, 5) is 16.5. The minimum atomic E-state index is -0.173. The van der Waals surface area contributed by atoms with Crippen molar-refractivity contribution >= 4 is 34.3 Å². The van der Waals surface area contributed by atoms with E-state index in [1.807, 2.05) is 48.0 Å². The van der Waals surface area contributed by atoms with Crippen molar-refractivity contribution in [3.63, 3.8) is 0 Å². The Balaban J connectivity index is 1.78. The van der Waals surface area contributed by atoms with Gasteiger partial charge >= 0.3 is 0 Å². The van der Waals surface area contributed by atoms with Crippen molar-refractivity contribution in [1.29, 1.82) is 0 Å². The molecule has 0 fully saturated rings. The third kappa shape index (κ3) is 2.79. The second-order valence-corrected chi connectivity index (χ2v) is 6.01. The number of aromatic nitrogens is 1. The van der Waals surface area contributed by atoms with Gasteiger partial charge in [0, 0.05) is 22.0 Å². The Morgan fingerprint density at radius 3 is 2.90 bits per heavy atom. The van der Waals surface area contributed by atoms with Crippen LogP contribution in [0.4, 0.5) is 5.69 Å². The number of thiophene rings is 1. The Hall–Kier alpha value is -1.98. The van der Waals surface area contributed by atoms with Gasteiger partial charge in [-0.15, -0.1) is 11.3 Å². The van der Waals surface area contributed by atoms with Gasteiger partial charge in [0.1, 0.15) is 10.7 Å². The zero-order valence-corrected chi connectivity index (χ0v) is 12.4. The molecule has 0 unspecified atom stereocenters. The summed E-state index contributed by atoms with van der Waals surface area (Å²) in [5.74, 6) is -0.173. The predicted molar refractivity (Wildman–Crippen MR) is 84.6 cm³/mol. The van der Waals surface area contributed by atoms with Crippen LogP contribution in [0.3, 0.4) is 0 Å². The number of hydrogen-bond donors (Lipinski definition) is 1. The van der Waals surface area contributed by atoms with Crippen molar-refractivity contribution in [3.05, 3.63) is 57.7 Å². The highest BCUT2D eigenvalue weighted by atomic mass is 32.1. The van der Waals surface area contributed by atoms with Crippen LogP contribution >= 0.6 is 22.7 Å². The van der Waals surface area contributed by atoms with E-state index >= 15 is 0 Å². The predicted octanol–water partition coefficient (Wildman–Crippen LogP) is 4.43. The lowest BCUT2D eigenvalue weighted by molar-refractivity contribution is 0.102. The number of carbonyl (C=O) groups is 1. The Labute approximate surface area is 124 Å². The van der Waals surface area contributed by atoms with Gasteiger partial charge in [-0.3, -0.25) is 4.79 Å². The van der Waals surface area contributed by atoms with Crippen LogP contribution in [-0.2, 0) is 0 Å². The highest BCUT2D eigenvalue weighted by Crippen LogP contribution is 2.26. The van der Waals surface area contributed by atoms with E-state index in [9.17, 15) is 4.79 Å². The van der Waals surface area contributed by atoms with E-state index in [0.29, 0.717) is 5.69 Å². The smallest absolute Gasteiger partial charge is 0.275 e. The van der Waals surface area contributed by atoms with Crippen LogP contribution in [0, 0.1) is 6.92 Å².